The summed E-state index contributed by atoms with van der Waals surface area (Å²) in [6.07, 6.45) is 1.08. The van der Waals surface area contributed by atoms with Crippen LogP contribution < -0.4 is 5.01 Å². The van der Waals surface area contributed by atoms with Gasteiger partial charge in [-0.3, -0.25) is 5.01 Å². The summed E-state index contributed by atoms with van der Waals surface area (Å²) in [5.74, 6) is 0. The van der Waals surface area contributed by atoms with Gasteiger partial charge in [-0.1, -0.05) is 64.1 Å². The summed E-state index contributed by atoms with van der Waals surface area (Å²) in [6.45, 7) is 16.4. The highest BCUT2D eigenvalue weighted by Crippen LogP contribution is 2.23. The topological polar surface area (TPSA) is 33.4 Å². The van der Waals surface area contributed by atoms with Gasteiger partial charge in [-0.25, -0.2) is 4.68 Å². The lowest BCUT2D eigenvalue weighted by Gasteiger charge is -2.19. The molecule has 1 unspecified atom stereocenters. The molecule has 0 saturated carbocycles. The van der Waals surface area contributed by atoms with Crippen LogP contribution in [0.4, 0.5) is 5.69 Å². The third-order valence-electron chi connectivity index (χ3n) is 4.32. The molecule has 0 amide bonds. The van der Waals surface area contributed by atoms with E-state index in [1.165, 1.54) is 17.1 Å². The van der Waals surface area contributed by atoms with Gasteiger partial charge in [-0.05, 0) is 58.0 Å². The van der Waals surface area contributed by atoms with E-state index < -0.39 is 0 Å². The Kier molecular flexibility index (Phi) is 11.2. The van der Waals surface area contributed by atoms with Gasteiger partial charge in [0, 0.05) is 17.8 Å². The Morgan fingerprint density at radius 2 is 1.27 bits per heavy atom. The molecule has 162 valence electrons. The van der Waals surface area contributed by atoms with Crippen LogP contribution in [0.25, 0.3) is 5.69 Å². The largest absolute Gasteiger partial charge is 0.262 e. The number of aryl methyl sites for hydroxylation is 2. The van der Waals surface area contributed by atoms with E-state index in [1.807, 2.05) is 75.7 Å². The monoisotopic (exact) mass is 406 g/mol. The van der Waals surface area contributed by atoms with Crippen molar-refractivity contribution in [1.29, 1.82) is 0 Å². The molecule has 0 bridgehead atoms. The highest BCUT2D eigenvalue weighted by molar-refractivity contribution is 5.86. The first-order valence-electron chi connectivity index (χ1n) is 11.0. The average Bonchev–Trinajstić information content (AvgIpc) is 3.32. The fraction of sp³-hybridized carbons (Fsp3) is 0.385. The highest BCUT2D eigenvalue weighted by Gasteiger charge is 2.20. The molecule has 0 N–H and O–H groups in total. The fourth-order valence-electron chi connectivity index (χ4n) is 3.19. The lowest BCUT2D eigenvalue weighted by Crippen LogP contribution is -2.22. The third-order valence-corrected chi connectivity index (χ3v) is 4.32. The van der Waals surface area contributed by atoms with E-state index in [4.69, 9.17) is 0 Å². The van der Waals surface area contributed by atoms with Crippen molar-refractivity contribution in [1.82, 2.24) is 9.78 Å². The van der Waals surface area contributed by atoms with Crippen LogP contribution in [0.2, 0.25) is 0 Å². The number of aromatic nitrogens is 2. The summed E-state index contributed by atoms with van der Waals surface area (Å²) in [6, 6.07) is 23.1. The SMILES string of the molecule is CC.CC.CC1=NN(c2ccccc2)C(C)C1.Cc1cc(C)n(-c2ccccc2)n1. The minimum atomic E-state index is 0.502. The van der Waals surface area contributed by atoms with Crippen molar-refractivity contribution in [2.45, 2.75) is 67.9 Å². The summed E-state index contributed by atoms with van der Waals surface area (Å²) in [4.78, 5) is 0. The molecule has 1 aliphatic rings. The van der Waals surface area contributed by atoms with Crippen molar-refractivity contribution in [3.05, 3.63) is 78.1 Å². The molecule has 1 aromatic heterocycles. The molecular formula is C26H38N4. The Morgan fingerprint density at radius 1 is 0.767 bits per heavy atom. The third kappa shape index (κ3) is 7.18. The van der Waals surface area contributed by atoms with Crippen LogP contribution in [0.5, 0.6) is 0 Å². The number of hydrazone groups is 1. The number of anilines is 1. The molecule has 0 spiro atoms. The summed E-state index contributed by atoms with van der Waals surface area (Å²) in [7, 11) is 0. The molecular weight excluding hydrogens is 368 g/mol. The number of rotatable bonds is 2. The molecule has 0 saturated heterocycles. The Hall–Kier alpha value is -2.88. The van der Waals surface area contributed by atoms with E-state index in [0.29, 0.717) is 6.04 Å². The lowest BCUT2D eigenvalue weighted by atomic mass is 10.2. The Labute approximate surface area is 183 Å². The first kappa shape index (κ1) is 25.2. The Balaban J connectivity index is 0.000000258. The molecule has 2 heterocycles. The van der Waals surface area contributed by atoms with Crippen LogP contribution in [0.3, 0.4) is 0 Å². The quantitative estimate of drug-likeness (QED) is 0.451. The summed E-state index contributed by atoms with van der Waals surface area (Å²) in [5.41, 5.74) is 5.75. The maximum atomic E-state index is 4.49. The van der Waals surface area contributed by atoms with Crippen LogP contribution in [-0.2, 0) is 0 Å². The Morgan fingerprint density at radius 3 is 1.67 bits per heavy atom. The smallest absolute Gasteiger partial charge is 0.0648 e. The molecule has 0 aliphatic carbocycles. The Bertz CT molecular complexity index is 867. The first-order chi connectivity index (χ1) is 14.5. The van der Waals surface area contributed by atoms with Crippen molar-refractivity contribution >= 4 is 11.4 Å². The number of hydrogen-bond donors (Lipinski definition) is 0. The van der Waals surface area contributed by atoms with E-state index >= 15 is 0 Å². The normalized spacial score (nSPS) is 14.3. The maximum Gasteiger partial charge on any atom is 0.0648 e. The summed E-state index contributed by atoms with van der Waals surface area (Å²) >= 11 is 0. The molecule has 3 aromatic rings. The maximum absolute atomic E-state index is 4.49. The van der Waals surface area contributed by atoms with Gasteiger partial charge in [-0.15, -0.1) is 0 Å². The molecule has 2 aromatic carbocycles. The predicted octanol–water partition coefficient (Wildman–Crippen LogP) is 7.20. The van der Waals surface area contributed by atoms with Gasteiger partial charge in [0.25, 0.3) is 0 Å². The molecule has 0 fully saturated rings. The van der Waals surface area contributed by atoms with Crippen LogP contribution in [-0.4, -0.2) is 21.5 Å². The number of benzene rings is 2. The van der Waals surface area contributed by atoms with Crippen LogP contribution in [0.1, 0.15) is 59.4 Å². The molecule has 1 aliphatic heterocycles. The minimum absolute atomic E-state index is 0.502. The van der Waals surface area contributed by atoms with E-state index in [1.54, 1.807) is 0 Å². The molecule has 30 heavy (non-hydrogen) atoms. The van der Waals surface area contributed by atoms with Gasteiger partial charge in [0.1, 0.15) is 0 Å². The van der Waals surface area contributed by atoms with Gasteiger partial charge in [0.2, 0.25) is 0 Å². The van der Waals surface area contributed by atoms with Gasteiger partial charge in [0.05, 0.1) is 23.1 Å². The van der Waals surface area contributed by atoms with Gasteiger partial charge < -0.3 is 0 Å². The second-order valence-corrected chi connectivity index (χ2v) is 6.74. The summed E-state index contributed by atoms with van der Waals surface area (Å²) < 4.78 is 1.95. The van der Waals surface area contributed by atoms with E-state index in [9.17, 15) is 0 Å². The van der Waals surface area contributed by atoms with Crippen LogP contribution in [0, 0.1) is 13.8 Å². The predicted molar refractivity (Wildman–Crippen MR) is 132 cm³/mol. The fourth-order valence-corrected chi connectivity index (χ4v) is 3.19. The van der Waals surface area contributed by atoms with E-state index in [-0.39, 0.29) is 0 Å². The number of hydrogen-bond acceptors (Lipinski definition) is 3. The van der Waals surface area contributed by atoms with Crippen molar-refractivity contribution < 1.29 is 0 Å². The van der Waals surface area contributed by atoms with Gasteiger partial charge in [-0.2, -0.15) is 10.2 Å². The summed E-state index contributed by atoms with van der Waals surface area (Å²) in [5, 5.41) is 11.0. The van der Waals surface area contributed by atoms with Crippen molar-refractivity contribution in [2.75, 3.05) is 5.01 Å². The second-order valence-electron chi connectivity index (χ2n) is 6.74. The average molecular weight is 407 g/mol. The van der Waals surface area contributed by atoms with E-state index in [2.05, 4.69) is 66.3 Å². The second kappa shape index (κ2) is 13.4. The van der Waals surface area contributed by atoms with Crippen molar-refractivity contribution in [3.8, 4) is 5.69 Å². The molecule has 1 atom stereocenters. The number of nitrogens with zero attached hydrogens (tertiary/aromatic N) is 4. The van der Waals surface area contributed by atoms with Gasteiger partial charge in [0.15, 0.2) is 0 Å². The van der Waals surface area contributed by atoms with Crippen LogP contribution >= 0.6 is 0 Å². The van der Waals surface area contributed by atoms with Crippen LogP contribution in [0.15, 0.2) is 71.8 Å². The first-order valence-corrected chi connectivity index (χ1v) is 11.0. The van der Waals surface area contributed by atoms with E-state index in [0.717, 1.165) is 17.8 Å². The van der Waals surface area contributed by atoms with Crippen molar-refractivity contribution in [2.24, 2.45) is 5.10 Å². The minimum Gasteiger partial charge on any atom is -0.262 e. The zero-order valence-corrected chi connectivity index (χ0v) is 19.9. The molecule has 4 nitrogen and oxygen atoms in total. The zero-order chi connectivity index (χ0) is 22.5. The molecule has 4 heteroatoms. The number of para-hydroxylation sites is 2. The standard InChI is InChI=1S/C11H14N2.C11H12N2.2C2H6/c2*1-9-8-10(2)13(12-9)11-6-4-3-5-7-11;2*1-2/h3-7,10H,8H2,1-2H3;3-8H,1-2H3;2*1-2H3. The van der Waals surface area contributed by atoms with Gasteiger partial charge >= 0.3 is 0 Å². The molecule has 4 rings (SSSR count). The molecule has 0 radical (unpaired) electrons. The highest BCUT2D eigenvalue weighted by atomic mass is 15.5. The zero-order valence-electron chi connectivity index (χ0n) is 19.9. The lowest BCUT2D eigenvalue weighted by molar-refractivity contribution is 0.724. The van der Waals surface area contributed by atoms with Crippen molar-refractivity contribution in [3.63, 3.8) is 0 Å².